The SMILES string of the molecule is CCC(C)OC(OC(C)CC)C(=O)C(CC)(OC(C)CC)C(=O)O.[Ti]. The first-order valence-corrected chi connectivity index (χ1v) is 8.94. The van der Waals surface area contributed by atoms with Gasteiger partial charge in [0.1, 0.15) is 0 Å². The minimum absolute atomic E-state index is 0. The van der Waals surface area contributed by atoms with Crippen LogP contribution in [0.5, 0.6) is 0 Å². The van der Waals surface area contributed by atoms with Gasteiger partial charge in [0.05, 0.1) is 18.3 Å². The molecule has 0 saturated carbocycles. The molecule has 146 valence electrons. The van der Waals surface area contributed by atoms with E-state index in [4.69, 9.17) is 14.2 Å². The number of ketones is 1. The second-order valence-electron chi connectivity index (χ2n) is 6.23. The van der Waals surface area contributed by atoms with Crippen molar-refractivity contribution in [2.45, 2.75) is 104 Å². The first-order chi connectivity index (χ1) is 11.2. The van der Waals surface area contributed by atoms with E-state index in [2.05, 4.69) is 0 Å². The minimum atomic E-state index is -1.96. The van der Waals surface area contributed by atoms with Crippen LogP contribution in [0.2, 0.25) is 0 Å². The minimum Gasteiger partial charge on any atom is -0.479 e. The van der Waals surface area contributed by atoms with E-state index in [1.165, 1.54) is 0 Å². The number of hydrogen-bond acceptors (Lipinski definition) is 5. The summed E-state index contributed by atoms with van der Waals surface area (Å²) >= 11 is 0. The van der Waals surface area contributed by atoms with Gasteiger partial charge in [-0.05, 0) is 46.5 Å². The summed E-state index contributed by atoms with van der Waals surface area (Å²) in [6, 6.07) is 0. The van der Waals surface area contributed by atoms with E-state index < -0.39 is 23.6 Å². The average molecular weight is 394 g/mol. The van der Waals surface area contributed by atoms with Gasteiger partial charge in [-0.1, -0.05) is 27.7 Å². The summed E-state index contributed by atoms with van der Waals surface area (Å²) in [5, 5.41) is 9.71. The van der Waals surface area contributed by atoms with E-state index in [0.29, 0.717) is 19.3 Å². The van der Waals surface area contributed by atoms with Crippen LogP contribution in [0, 0.1) is 0 Å². The Morgan fingerprint density at radius 1 is 0.880 bits per heavy atom. The van der Waals surface area contributed by atoms with Crippen molar-refractivity contribution in [3.8, 4) is 0 Å². The molecule has 1 N–H and O–H groups in total. The Labute approximate surface area is 166 Å². The topological polar surface area (TPSA) is 82.1 Å². The molecule has 0 rings (SSSR count). The molecule has 0 spiro atoms. The van der Waals surface area contributed by atoms with Crippen molar-refractivity contribution in [1.82, 2.24) is 0 Å². The number of carboxylic acid groups (broad SMARTS) is 1. The molecule has 4 unspecified atom stereocenters. The van der Waals surface area contributed by atoms with E-state index in [-0.39, 0.29) is 46.5 Å². The maximum Gasteiger partial charge on any atom is 0.344 e. The molecule has 0 saturated heterocycles. The van der Waals surface area contributed by atoms with Crippen LogP contribution >= 0.6 is 0 Å². The molecule has 0 heterocycles. The van der Waals surface area contributed by atoms with Crippen LogP contribution in [0.1, 0.15) is 74.1 Å². The van der Waals surface area contributed by atoms with Gasteiger partial charge in [0.25, 0.3) is 0 Å². The van der Waals surface area contributed by atoms with Crippen molar-refractivity contribution in [1.29, 1.82) is 0 Å². The third kappa shape index (κ3) is 7.87. The number of ether oxygens (including phenoxy) is 3. The monoisotopic (exact) mass is 394 g/mol. The maximum atomic E-state index is 13.0. The van der Waals surface area contributed by atoms with Gasteiger partial charge in [0.15, 0.2) is 0 Å². The van der Waals surface area contributed by atoms with Crippen molar-refractivity contribution in [2.75, 3.05) is 0 Å². The fraction of sp³-hybridized carbons (Fsp3) is 0.889. The first kappa shape index (κ1) is 27.0. The third-order valence-corrected chi connectivity index (χ3v) is 4.29. The molecule has 6 nitrogen and oxygen atoms in total. The summed E-state index contributed by atoms with van der Waals surface area (Å²) in [6.45, 7) is 12.7. The van der Waals surface area contributed by atoms with Crippen LogP contribution in [0.3, 0.4) is 0 Å². The zero-order valence-corrected chi connectivity index (χ0v) is 18.2. The molecule has 0 aromatic rings. The van der Waals surface area contributed by atoms with Gasteiger partial charge in [-0.15, -0.1) is 0 Å². The summed E-state index contributed by atoms with van der Waals surface area (Å²) in [4.78, 5) is 24.9. The van der Waals surface area contributed by atoms with Crippen LogP contribution in [0.15, 0.2) is 0 Å². The first-order valence-electron chi connectivity index (χ1n) is 8.94. The number of Topliss-reactive ketones (excluding diaryl/α,β-unsaturated/α-hetero) is 1. The van der Waals surface area contributed by atoms with E-state index in [9.17, 15) is 14.7 Å². The number of carboxylic acids is 1. The maximum absolute atomic E-state index is 13.0. The quantitative estimate of drug-likeness (QED) is 0.292. The average Bonchev–Trinajstić information content (AvgIpc) is 2.57. The third-order valence-electron chi connectivity index (χ3n) is 4.29. The molecular weight excluding hydrogens is 360 g/mol. The largest absolute Gasteiger partial charge is 0.479 e. The summed E-state index contributed by atoms with van der Waals surface area (Å²) in [5.41, 5.74) is -1.96. The molecule has 0 amide bonds. The van der Waals surface area contributed by atoms with Crippen LogP contribution < -0.4 is 0 Å². The van der Waals surface area contributed by atoms with Gasteiger partial charge in [-0.2, -0.15) is 0 Å². The van der Waals surface area contributed by atoms with Crippen LogP contribution in [-0.4, -0.2) is 47.1 Å². The smallest absolute Gasteiger partial charge is 0.344 e. The zero-order valence-electron chi connectivity index (χ0n) is 16.6. The normalized spacial score (nSPS) is 18.4. The van der Waals surface area contributed by atoms with Gasteiger partial charge in [-0.25, -0.2) is 4.79 Å². The number of aliphatic carboxylic acids is 1. The molecular formula is C18H34O6Ti. The summed E-state index contributed by atoms with van der Waals surface area (Å²) < 4.78 is 17.0. The number of carbonyl (C=O) groups excluding carboxylic acids is 1. The predicted octanol–water partition coefficient (Wildman–Crippen LogP) is 3.56. The van der Waals surface area contributed by atoms with Crippen molar-refractivity contribution in [2.24, 2.45) is 0 Å². The Balaban J connectivity index is 0. The Hall–Kier alpha value is -0.266. The molecule has 0 aliphatic heterocycles. The number of hydrogen-bond donors (Lipinski definition) is 1. The zero-order chi connectivity index (χ0) is 18.9. The van der Waals surface area contributed by atoms with Crippen molar-refractivity contribution >= 4 is 11.8 Å². The van der Waals surface area contributed by atoms with Crippen LogP contribution in [-0.2, 0) is 45.5 Å². The van der Waals surface area contributed by atoms with E-state index in [1.54, 1.807) is 13.8 Å². The number of carbonyl (C=O) groups is 2. The molecule has 0 aromatic carbocycles. The van der Waals surface area contributed by atoms with Crippen molar-refractivity contribution in [3.05, 3.63) is 0 Å². The molecule has 0 aliphatic rings. The van der Waals surface area contributed by atoms with Crippen LogP contribution in [0.4, 0.5) is 0 Å². The molecule has 0 aromatic heterocycles. The van der Waals surface area contributed by atoms with E-state index >= 15 is 0 Å². The fourth-order valence-electron chi connectivity index (χ4n) is 2.01. The van der Waals surface area contributed by atoms with Gasteiger partial charge in [0, 0.05) is 21.7 Å². The van der Waals surface area contributed by atoms with Crippen LogP contribution in [0.25, 0.3) is 0 Å². The Kier molecular flexibility index (Phi) is 14.0. The predicted molar refractivity (Wildman–Crippen MR) is 92.0 cm³/mol. The Morgan fingerprint density at radius 3 is 1.56 bits per heavy atom. The standard InChI is InChI=1S/C18H34O6.Ti/c1-8-12(5)22-16(23-13(6)9-2)15(19)18(11-4,17(20)21)24-14(7)10-3;/h12-14,16H,8-11H2,1-7H3,(H,20,21);. The Morgan fingerprint density at radius 2 is 1.28 bits per heavy atom. The summed E-state index contributed by atoms with van der Waals surface area (Å²) in [5.74, 6) is -1.99. The molecule has 0 bridgehead atoms. The number of rotatable bonds is 13. The molecule has 7 heteroatoms. The van der Waals surface area contributed by atoms with E-state index in [0.717, 1.165) is 0 Å². The van der Waals surface area contributed by atoms with Gasteiger partial charge >= 0.3 is 5.97 Å². The van der Waals surface area contributed by atoms with Gasteiger partial charge in [0.2, 0.25) is 17.7 Å². The van der Waals surface area contributed by atoms with Crippen molar-refractivity contribution in [3.63, 3.8) is 0 Å². The molecule has 25 heavy (non-hydrogen) atoms. The Bertz CT molecular complexity index is 391. The van der Waals surface area contributed by atoms with Gasteiger partial charge in [-0.3, -0.25) is 4.79 Å². The van der Waals surface area contributed by atoms with Gasteiger partial charge < -0.3 is 19.3 Å². The summed E-state index contributed by atoms with van der Waals surface area (Å²) in [7, 11) is 0. The molecule has 0 fully saturated rings. The second kappa shape index (κ2) is 13.0. The molecule has 0 aliphatic carbocycles. The molecule has 0 radical (unpaired) electrons. The van der Waals surface area contributed by atoms with E-state index in [1.807, 2.05) is 34.6 Å². The summed E-state index contributed by atoms with van der Waals surface area (Å²) in [6.07, 6.45) is -0.0861. The van der Waals surface area contributed by atoms with Crippen molar-refractivity contribution < 1.29 is 50.6 Å². The fourth-order valence-corrected chi connectivity index (χ4v) is 2.01. The second-order valence-corrected chi connectivity index (χ2v) is 6.23. The molecule has 4 atom stereocenters.